The maximum absolute atomic E-state index is 2.08. The summed E-state index contributed by atoms with van der Waals surface area (Å²) in [7, 11) is 4.07. The number of hydrogen-bond donors (Lipinski definition) is 0. The molecule has 0 fully saturated rings. The van der Waals surface area contributed by atoms with E-state index in [-0.39, 0.29) is 48.5 Å². The van der Waals surface area contributed by atoms with Gasteiger partial charge in [-0.3, -0.25) is 0 Å². The first kappa shape index (κ1) is 23.1. The van der Waals surface area contributed by atoms with E-state index in [0.29, 0.717) is 0 Å². The van der Waals surface area contributed by atoms with Crippen LogP contribution in [-0.2, 0) is 26.2 Å². The third-order valence-corrected chi connectivity index (χ3v) is 1.27. The number of rotatable bonds is 1. The van der Waals surface area contributed by atoms with Gasteiger partial charge in [-0.1, -0.05) is 18.2 Å². The Morgan fingerprint density at radius 3 is 1.46 bits per heavy atom. The van der Waals surface area contributed by atoms with Crippen LogP contribution in [-0.4, -0.2) is 14.1 Å². The van der Waals surface area contributed by atoms with Gasteiger partial charge in [0.15, 0.2) is 0 Å². The molecule has 72 valence electrons. The van der Waals surface area contributed by atoms with Crippen molar-refractivity contribution in [3.63, 3.8) is 0 Å². The van der Waals surface area contributed by atoms with Crippen molar-refractivity contribution < 1.29 is 26.2 Å². The predicted molar refractivity (Wildman–Crippen MR) is 60.0 cm³/mol. The van der Waals surface area contributed by atoms with Gasteiger partial charge in [0.05, 0.1) is 0 Å². The standard InChI is InChI=1S/C8H11N.3CH3.Zr/c1-9(2)8-6-4-3-5-7-8;;;;/h3-7H,1-2H3;3*1H3;/q;3*-1;+4. The third kappa shape index (κ3) is 8.24. The smallest absolute Gasteiger partial charge is 0.378 e. The van der Waals surface area contributed by atoms with E-state index in [1.54, 1.807) is 0 Å². The van der Waals surface area contributed by atoms with Crippen LogP contribution in [0.15, 0.2) is 30.3 Å². The molecule has 0 saturated carbocycles. The monoisotopic (exact) mass is 256 g/mol. The van der Waals surface area contributed by atoms with E-state index in [4.69, 9.17) is 0 Å². The third-order valence-electron chi connectivity index (χ3n) is 1.27. The molecule has 13 heavy (non-hydrogen) atoms. The van der Waals surface area contributed by atoms with Gasteiger partial charge in [0.25, 0.3) is 0 Å². The average Bonchev–Trinajstić information content (AvgIpc) is 1.90. The fourth-order valence-electron chi connectivity index (χ4n) is 0.726. The molecule has 0 saturated heterocycles. The summed E-state index contributed by atoms with van der Waals surface area (Å²) < 4.78 is 0. The molecule has 1 aromatic rings. The number of anilines is 1. The summed E-state index contributed by atoms with van der Waals surface area (Å²) in [6.45, 7) is 0. The van der Waals surface area contributed by atoms with Crippen LogP contribution in [0.25, 0.3) is 0 Å². The summed E-state index contributed by atoms with van der Waals surface area (Å²) in [5.74, 6) is 0. The fraction of sp³-hybridized carbons (Fsp3) is 0.182. The molecule has 2 heteroatoms. The molecule has 0 aromatic heterocycles. The molecule has 0 atom stereocenters. The number of hydrogen-bond acceptors (Lipinski definition) is 1. The van der Waals surface area contributed by atoms with Crippen LogP contribution >= 0.6 is 0 Å². The molecule has 0 bridgehead atoms. The number of para-hydroxylation sites is 1. The van der Waals surface area contributed by atoms with Crippen LogP contribution in [0.2, 0.25) is 0 Å². The minimum absolute atomic E-state index is 0. The van der Waals surface area contributed by atoms with Crippen molar-refractivity contribution in [3.8, 4) is 0 Å². The Bertz CT molecular complexity index is 173. The molecule has 0 aliphatic rings. The van der Waals surface area contributed by atoms with Gasteiger partial charge in [-0.2, -0.15) is 0 Å². The Labute approximate surface area is 103 Å². The molecule has 1 rings (SSSR count). The first-order chi connectivity index (χ1) is 4.30. The molecule has 0 spiro atoms. The second kappa shape index (κ2) is 11.9. The van der Waals surface area contributed by atoms with E-state index in [1.807, 2.05) is 32.3 Å². The summed E-state index contributed by atoms with van der Waals surface area (Å²) in [5, 5.41) is 0. The Morgan fingerprint density at radius 2 is 1.23 bits per heavy atom. The molecule has 0 N–H and O–H groups in total. The second-order valence-electron chi connectivity index (χ2n) is 2.23. The summed E-state index contributed by atoms with van der Waals surface area (Å²) in [6.07, 6.45) is 0. The van der Waals surface area contributed by atoms with Crippen LogP contribution in [0, 0.1) is 22.3 Å². The van der Waals surface area contributed by atoms with Crippen LogP contribution in [0.3, 0.4) is 0 Å². The van der Waals surface area contributed by atoms with Gasteiger partial charge in [-0.15, -0.1) is 0 Å². The van der Waals surface area contributed by atoms with Gasteiger partial charge < -0.3 is 27.2 Å². The van der Waals surface area contributed by atoms with Crippen LogP contribution in [0.5, 0.6) is 0 Å². The van der Waals surface area contributed by atoms with E-state index in [2.05, 4.69) is 17.0 Å². The summed E-state index contributed by atoms with van der Waals surface area (Å²) in [4.78, 5) is 2.08. The van der Waals surface area contributed by atoms with E-state index >= 15 is 0 Å². The topological polar surface area (TPSA) is 3.24 Å². The molecule has 0 unspecified atom stereocenters. The minimum Gasteiger partial charge on any atom is -0.378 e. The van der Waals surface area contributed by atoms with E-state index in [0.717, 1.165) is 0 Å². The van der Waals surface area contributed by atoms with Crippen molar-refractivity contribution in [1.29, 1.82) is 0 Å². The largest absolute Gasteiger partial charge is 4.00 e. The van der Waals surface area contributed by atoms with E-state index in [9.17, 15) is 0 Å². The van der Waals surface area contributed by atoms with Crippen molar-refractivity contribution in [2.45, 2.75) is 0 Å². The number of nitrogens with zero attached hydrogens (tertiary/aromatic N) is 1. The summed E-state index contributed by atoms with van der Waals surface area (Å²) in [6, 6.07) is 10.3. The van der Waals surface area contributed by atoms with E-state index < -0.39 is 0 Å². The van der Waals surface area contributed by atoms with Gasteiger partial charge in [-0.05, 0) is 12.1 Å². The minimum atomic E-state index is 0. The second-order valence-corrected chi connectivity index (χ2v) is 2.23. The summed E-state index contributed by atoms with van der Waals surface area (Å²) in [5.41, 5.74) is 1.25. The molecule has 0 heterocycles. The molecule has 0 radical (unpaired) electrons. The van der Waals surface area contributed by atoms with E-state index in [1.165, 1.54) is 5.69 Å². The van der Waals surface area contributed by atoms with Crippen molar-refractivity contribution in [1.82, 2.24) is 0 Å². The first-order valence-electron chi connectivity index (χ1n) is 3.03. The van der Waals surface area contributed by atoms with Crippen molar-refractivity contribution in [3.05, 3.63) is 52.6 Å². The zero-order valence-corrected chi connectivity index (χ0v) is 11.8. The molecule has 0 amide bonds. The molecule has 1 nitrogen and oxygen atoms in total. The van der Waals surface area contributed by atoms with Crippen molar-refractivity contribution >= 4 is 5.69 Å². The fourth-order valence-corrected chi connectivity index (χ4v) is 0.726. The van der Waals surface area contributed by atoms with Crippen LogP contribution in [0.4, 0.5) is 5.69 Å². The Balaban J connectivity index is -0.000000101. The van der Waals surface area contributed by atoms with Gasteiger partial charge in [-0.25, -0.2) is 0 Å². The van der Waals surface area contributed by atoms with Crippen LogP contribution < -0.4 is 4.90 Å². The zero-order valence-electron chi connectivity index (χ0n) is 9.33. The average molecular weight is 258 g/mol. The normalized spacial score (nSPS) is 6.31. The first-order valence-corrected chi connectivity index (χ1v) is 3.03. The van der Waals surface area contributed by atoms with Gasteiger partial charge in [0.2, 0.25) is 0 Å². The molecule has 0 aliphatic heterocycles. The van der Waals surface area contributed by atoms with Crippen LogP contribution in [0.1, 0.15) is 0 Å². The molecule has 0 aliphatic carbocycles. The van der Waals surface area contributed by atoms with Gasteiger partial charge >= 0.3 is 26.2 Å². The zero-order chi connectivity index (χ0) is 6.69. The Hall–Kier alpha value is -0.0969. The maximum Gasteiger partial charge on any atom is 4.00 e. The molecule has 1 aromatic carbocycles. The maximum atomic E-state index is 2.08. The Morgan fingerprint density at radius 1 is 0.846 bits per heavy atom. The van der Waals surface area contributed by atoms with Crippen molar-refractivity contribution in [2.24, 2.45) is 0 Å². The SMILES string of the molecule is CN(C)c1ccccc1.[CH3-].[CH3-].[CH3-].[Zr+4]. The van der Waals surface area contributed by atoms with Crippen molar-refractivity contribution in [2.75, 3.05) is 19.0 Å². The molecular formula is C11H20NZr+. The van der Waals surface area contributed by atoms with Gasteiger partial charge in [0.1, 0.15) is 0 Å². The molecular weight excluding hydrogens is 237 g/mol. The van der Waals surface area contributed by atoms with Gasteiger partial charge in [0, 0.05) is 19.8 Å². The Kier molecular flexibility index (Phi) is 21.1. The quantitative estimate of drug-likeness (QED) is 0.699. The summed E-state index contributed by atoms with van der Waals surface area (Å²) >= 11 is 0. The number of benzene rings is 1. The predicted octanol–water partition coefficient (Wildman–Crippen LogP) is 3.10.